The summed E-state index contributed by atoms with van der Waals surface area (Å²) in [6.07, 6.45) is 2.81. The van der Waals surface area contributed by atoms with Crippen LogP contribution in [-0.4, -0.2) is 102 Å². The number of anilines is 3. The molecule has 8 rings (SSSR count). The molecule has 3 amide bonds. The van der Waals surface area contributed by atoms with Gasteiger partial charge >= 0.3 is 5.97 Å². The number of amides is 3. The van der Waals surface area contributed by atoms with E-state index in [-0.39, 0.29) is 41.6 Å². The van der Waals surface area contributed by atoms with E-state index in [1.54, 1.807) is 55.6 Å². The van der Waals surface area contributed by atoms with Gasteiger partial charge in [0.15, 0.2) is 0 Å². The van der Waals surface area contributed by atoms with Crippen molar-refractivity contribution in [2.24, 2.45) is 25.4 Å². The van der Waals surface area contributed by atoms with Gasteiger partial charge < -0.3 is 44.7 Å². The topological polar surface area (TPSA) is 291 Å². The van der Waals surface area contributed by atoms with Gasteiger partial charge in [-0.3, -0.25) is 29.5 Å². The van der Waals surface area contributed by atoms with E-state index >= 15 is 0 Å². The summed E-state index contributed by atoms with van der Waals surface area (Å²) in [5.74, 6) is -0.175. The number of fused-ring (bicyclic) bond motifs is 2. The average molecular weight is 1190 g/mol. The van der Waals surface area contributed by atoms with Gasteiger partial charge in [0.05, 0.1) is 47.5 Å². The summed E-state index contributed by atoms with van der Waals surface area (Å²) >= 11 is 1.43. The molecule has 0 aromatic heterocycles. The van der Waals surface area contributed by atoms with Crippen LogP contribution >= 0.6 is 11.8 Å². The second kappa shape index (κ2) is 29.7. The number of carbonyl (C=O) groups is 4. The Hall–Kier alpha value is -10.7. The molecule has 444 valence electrons. The molecule has 87 heavy (non-hydrogen) atoms. The molecule has 1 heterocycles. The first-order valence-electron chi connectivity index (χ1n) is 27.4. The molecule has 0 spiro atoms. The standard InChI is InChI=1S/C64H62N12O10S/c1-66-45-20-27-50-55(36-45)86-56-37-48(74(2)3)25-28-51(56)62(50)52-35-41(13-26-49(52)64(80)81)63(79)68-31-7-9-61(78)69-42-14-11-40(12-15-42)59(29-30-65)87-34-32-67-60(77)10-8-33-75(4)46-21-16-43(17-22-46)70-72-53-38-58(85-6)54(39-57(53)84-5)73-71-44-18-23-47(24-19-44)76(82)83/h11-29,35-39H,7-10,31-34H2,1-6H3,(H,67,77)(H,68,79)(H,69,78)(H,80,81)/b59-29?,66-45-,72-70+,73-71+. The zero-order valence-electron chi connectivity index (χ0n) is 48.6. The SMILES string of the molecule is C/N=c1/ccc2c(-c3cc(C(=O)NCCCC(=O)Nc4ccc(C(=CC#N)SCCNC(=O)CCCN(C)c5ccc(/N=N/c6cc(OC)c(/N=N/c7ccc([N+](=O)[O-])cc7)cc6OC)cc5)cc4)ccc3C(=O)O)c3ccc(N(C)C)cc3oc-2c1. The number of hydrogen-bond acceptors (Lipinski definition) is 18. The molecule has 0 unspecified atom stereocenters. The van der Waals surface area contributed by atoms with Crippen LogP contribution in [0.25, 0.3) is 38.3 Å². The van der Waals surface area contributed by atoms with Crippen LogP contribution < -0.4 is 40.6 Å². The highest BCUT2D eigenvalue weighted by Crippen LogP contribution is 2.44. The monoisotopic (exact) mass is 1190 g/mol. The maximum Gasteiger partial charge on any atom is 0.336 e. The zero-order chi connectivity index (χ0) is 62.0. The average Bonchev–Trinajstić information content (AvgIpc) is 0.886. The van der Waals surface area contributed by atoms with E-state index in [2.05, 4.69) is 47.5 Å². The highest BCUT2D eigenvalue weighted by Gasteiger charge is 2.24. The second-order valence-electron chi connectivity index (χ2n) is 19.8. The van der Waals surface area contributed by atoms with Crippen LogP contribution in [0.1, 0.15) is 52.0 Å². The van der Waals surface area contributed by atoms with Crippen molar-refractivity contribution >= 4 is 96.8 Å². The molecular weight excluding hydrogens is 1130 g/mol. The third kappa shape index (κ3) is 16.3. The molecule has 0 atom stereocenters. The lowest BCUT2D eigenvalue weighted by Crippen LogP contribution is -2.27. The number of rotatable bonds is 26. The number of nitrogens with one attached hydrogen (secondary N) is 3. The quantitative estimate of drug-likeness (QED) is 0.00979. The van der Waals surface area contributed by atoms with E-state index in [0.29, 0.717) is 122 Å². The molecule has 6 aromatic rings. The lowest BCUT2D eigenvalue weighted by molar-refractivity contribution is -0.384. The Balaban J connectivity index is 0.754. The van der Waals surface area contributed by atoms with Crippen molar-refractivity contribution < 1.29 is 43.1 Å². The number of thioether (sulfide) groups is 1. The number of allylic oxidation sites excluding steroid dienone is 1. The minimum atomic E-state index is -1.15. The minimum absolute atomic E-state index is 0.0145. The number of aromatic carboxylic acids is 1. The van der Waals surface area contributed by atoms with Gasteiger partial charge in [0.25, 0.3) is 11.6 Å². The normalized spacial score (nSPS) is 11.6. The zero-order valence-corrected chi connectivity index (χ0v) is 49.4. The number of nitrogens with zero attached hydrogens (tertiary/aromatic N) is 9. The van der Waals surface area contributed by atoms with Crippen LogP contribution in [0.4, 0.5) is 45.5 Å². The highest BCUT2D eigenvalue weighted by atomic mass is 32.2. The van der Waals surface area contributed by atoms with Crippen LogP contribution in [0, 0.1) is 21.4 Å². The van der Waals surface area contributed by atoms with Crippen LogP contribution in [0.2, 0.25) is 0 Å². The number of ether oxygens (including phenoxy) is 2. The molecule has 0 saturated heterocycles. The molecule has 1 aliphatic heterocycles. The third-order valence-corrected chi connectivity index (χ3v) is 14.8. The number of benzene rings is 7. The molecular formula is C64H62N12O10S. The van der Waals surface area contributed by atoms with Crippen molar-refractivity contribution in [3.05, 3.63) is 178 Å². The first-order valence-corrected chi connectivity index (χ1v) is 28.4. The number of azo groups is 2. The summed E-state index contributed by atoms with van der Waals surface area (Å²) in [7, 11) is 10.4. The Bertz CT molecular complexity index is 4010. The number of nitro benzene ring substituents is 1. The lowest BCUT2D eigenvalue weighted by Gasteiger charge is -2.19. The third-order valence-electron chi connectivity index (χ3n) is 13.7. The number of nitro groups is 1. The number of non-ortho nitro benzene ring substituents is 1. The molecule has 22 nitrogen and oxygen atoms in total. The first kappa shape index (κ1) is 62.3. The van der Waals surface area contributed by atoms with Crippen LogP contribution in [0.3, 0.4) is 0 Å². The predicted octanol–water partition coefficient (Wildman–Crippen LogP) is 13.0. The number of carboxylic acids is 1. The van der Waals surface area contributed by atoms with Gasteiger partial charge in [-0.2, -0.15) is 15.5 Å². The fraction of sp³-hybridized carbons (Fsp3) is 0.219. The second-order valence-corrected chi connectivity index (χ2v) is 20.9. The molecule has 0 bridgehead atoms. The largest absolute Gasteiger partial charge is 0.494 e. The minimum Gasteiger partial charge on any atom is -0.494 e. The molecule has 1 aliphatic carbocycles. The van der Waals surface area contributed by atoms with E-state index in [9.17, 15) is 39.7 Å². The van der Waals surface area contributed by atoms with Gasteiger partial charge in [0.1, 0.15) is 34.2 Å². The number of carbonyl (C=O) groups excluding carboxylic acids is 3. The summed E-state index contributed by atoms with van der Waals surface area (Å²) < 4.78 is 17.4. The number of nitriles is 1. The predicted molar refractivity (Wildman–Crippen MR) is 337 cm³/mol. The van der Waals surface area contributed by atoms with Gasteiger partial charge in [-0.1, -0.05) is 12.1 Å². The summed E-state index contributed by atoms with van der Waals surface area (Å²) in [4.78, 5) is 71.5. The van der Waals surface area contributed by atoms with Crippen molar-refractivity contribution in [3.8, 4) is 40.0 Å². The Morgan fingerprint density at radius 3 is 1.99 bits per heavy atom. The molecule has 0 fully saturated rings. The Morgan fingerprint density at radius 2 is 1.37 bits per heavy atom. The number of carboxylic acid groups (broad SMARTS) is 1. The summed E-state index contributed by atoms with van der Waals surface area (Å²) in [5.41, 5.74) is 7.23. The molecule has 23 heteroatoms. The summed E-state index contributed by atoms with van der Waals surface area (Å²) in [5, 5.41) is 58.1. The lowest BCUT2D eigenvalue weighted by atomic mass is 9.89. The highest BCUT2D eigenvalue weighted by molar-refractivity contribution is 8.08. The van der Waals surface area contributed by atoms with E-state index < -0.39 is 16.8 Å². The smallest absolute Gasteiger partial charge is 0.336 e. The van der Waals surface area contributed by atoms with Crippen LogP contribution in [0.15, 0.2) is 175 Å². The van der Waals surface area contributed by atoms with Crippen molar-refractivity contribution in [3.63, 3.8) is 0 Å². The van der Waals surface area contributed by atoms with Gasteiger partial charge in [-0.25, -0.2) is 4.79 Å². The maximum absolute atomic E-state index is 13.6. The Morgan fingerprint density at radius 1 is 0.724 bits per heavy atom. The van der Waals surface area contributed by atoms with E-state index in [4.69, 9.17) is 13.9 Å². The summed E-state index contributed by atoms with van der Waals surface area (Å²) in [6.45, 7) is 1.19. The fourth-order valence-electron chi connectivity index (χ4n) is 9.12. The molecule has 4 N–H and O–H groups in total. The van der Waals surface area contributed by atoms with Crippen molar-refractivity contribution in [2.75, 3.05) is 82.9 Å². The van der Waals surface area contributed by atoms with E-state index in [1.165, 1.54) is 68.5 Å². The van der Waals surface area contributed by atoms with Gasteiger partial charge in [0.2, 0.25) is 11.8 Å². The number of hydrogen-bond donors (Lipinski definition) is 4. The van der Waals surface area contributed by atoms with E-state index in [1.807, 2.05) is 85.5 Å². The Labute approximate surface area is 505 Å². The van der Waals surface area contributed by atoms with Gasteiger partial charge in [-0.15, -0.1) is 22.0 Å². The van der Waals surface area contributed by atoms with Gasteiger partial charge in [0, 0.05) is 153 Å². The fourth-order valence-corrected chi connectivity index (χ4v) is 9.98. The molecule has 6 aromatic carbocycles. The van der Waals surface area contributed by atoms with Crippen molar-refractivity contribution in [1.29, 1.82) is 5.26 Å². The van der Waals surface area contributed by atoms with Crippen LogP contribution in [-0.2, 0) is 9.59 Å². The van der Waals surface area contributed by atoms with Crippen LogP contribution in [0.5, 0.6) is 11.5 Å². The van der Waals surface area contributed by atoms with E-state index in [0.717, 1.165) is 16.9 Å². The van der Waals surface area contributed by atoms with Crippen molar-refractivity contribution in [1.82, 2.24) is 10.6 Å². The van der Waals surface area contributed by atoms with Gasteiger partial charge in [-0.05, 0) is 115 Å². The molecule has 2 aliphatic rings. The molecule has 0 saturated carbocycles. The molecule has 0 radical (unpaired) electrons. The Kier molecular flexibility index (Phi) is 21.3. The number of methoxy groups -OCH3 is 2. The van der Waals surface area contributed by atoms with Crippen molar-refractivity contribution in [2.45, 2.75) is 25.7 Å². The maximum atomic E-state index is 13.6. The summed E-state index contributed by atoms with van der Waals surface area (Å²) in [6, 6.07) is 41.1. The first-order chi connectivity index (χ1) is 42.0.